The highest BCUT2D eigenvalue weighted by molar-refractivity contribution is 4.59. The predicted molar refractivity (Wildman–Crippen MR) is 44.0 cm³/mol. The van der Waals surface area contributed by atoms with Crippen LogP contribution in [0.15, 0.2) is 0 Å². The van der Waals surface area contributed by atoms with E-state index < -0.39 is 0 Å². The van der Waals surface area contributed by atoms with Gasteiger partial charge in [0.1, 0.15) is 0 Å². The second kappa shape index (κ2) is 5.69. The van der Waals surface area contributed by atoms with E-state index in [0.717, 1.165) is 19.0 Å². The topological polar surface area (TPSA) is 32.3 Å². The number of aliphatic hydroxyl groups excluding tert-OH is 1. The number of rotatable bonds is 5. The van der Waals surface area contributed by atoms with Crippen LogP contribution in [0.5, 0.6) is 0 Å². The molecule has 0 aromatic carbocycles. The van der Waals surface area contributed by atoms with Gasteiger partial charge in [0.25, 0.3) is 0 Å². The van der Waals surface area contributed by atoms with E-state index in [1.54, 1.807) is 0 Å². The predicted octanol–water partition coefficient (Wildman–Crippen LogP) is 0.860. The summed E-state index contributed by atoms with van der Waals surface area (Å²) in [7, 11) is 0. The van der Waals surface area contributed by atoms with Gasteiger partial charge in [-0.25, -0.2) is 0 Å². The standard InChI is InChI=1S/C8H19NO/c1-7(2)8(3)6-9-4-5-10/h7-10H,4-6H2,1-3H3/t8-/m1/s1. The Kier molecular flexibility index (Phi) is 5.64. The molecule has 62 valence electrons. The average molecular weight is 145 g/mol. The van der Waals surface area contributed by atoms with Crippen LogP contribution in [0.3, 0.4) is 0 Å². The van der Waals surface area contributed by atoms with Crippen molar-refractivity contribution in [3.8, 4) is 0 Å². The fraction of sp³-hybridized carbons (Fsp3) is 1.00. The Balaban J connectivity index is 3.13. The third kappa shape index (κ3) is 4.77. The van der Waals surface area contributed by atoms with Crippen molar-refractivity contribution in [1.82, 2.24) is 5.32 Å². The van der Waals surface area contributed by atoms with Gasteiger partial charge in [-0.15, -0.1) is 0 Å². The zero-order chi connectivity index (χ0) is 7.98. The van der Waals surface area contributed by atoms with Crippen LogP contribution in [-0.2, 0) is 0 Å². The lowest BCUT2D eigenvalue weighted by atomic mass is 9.98. The van der Waals surface area contributed by atoms with E-state index in [1.807, 2.05) is 0 Å². The fourth-order valence-electron chi connectivity index (χ4n) is 0.644. The van der Waals surface area contributed by atoms with Crippen LogP contribution < -0.4 is 5.32 Å². The van der Waals surface area contributed by atoms with Crippen LogP contribution in [0.2, 0.25) is 0 Å². The largest absolute Gasteiger partial charge is 0.395 e. The van der Waals surface area contributed by atoms with Crippen molar-refractivity contribution in [2.45, 2.75) is 20.8 Å². The molecule has 0 unspecified atom stereocenters. The molecular weight excluding hydrogens is 126 g/mol. The summed E-state index contributed by atoms with van der Waals surface area (Å²) in [5.41, 5.74) is 0. The summed E-state index contributed by atoms with van der Waals surface area (Å²) < 4.78 is 0. The van der Waals surface area contributed by atoms with E-state index in [1.165, 1.54) is 0 Å². The molecule has 1 atom stereocenters. The summed E-state index contributed by atoms with van der Waals surface area (Å²) in [4.78, 5) is 0. The van der Waals surface area contributed by atoms with Crippen molar-refractivity contribution in [3.05, 3.63) is 0 Å². The van der Waals surface area contributed by atoms with Gasteiger partial charge in [0, 0.05) is 6.54 Å². The molecule has 0 spiro atoms. The lowest BCUT2D eigenvalue weighted by molar-refractivity contribution is 0.283. The minimum absolute atomic E-state index is 0.241. The Labute approximate surface area is 63.6 Å². The summed E-state index contributed by atoms with van der Waals surface area (Å²) in [6.45, 7) is 8.62. The first-order valence-electron chi connectivity index (χ1n) is 4.00. The molecule has 0 radical (unpaired) electrons. The van der Waals surface area contributed by atoms with Gasteiger partial charge in [0.05, 0.1) is 6.61 Å². The van der Waals surface area contributed by atoms with Crippen LogP contribution in [0.25, 0.3) is 0 Å². The van der Waals surface area contributed by atoms with Gasteiger partial charge in [-0.3, -0.25) is 0 Å². The Morgan fingerprint density at radius 1 is 1.30 bits per heavy atom. The van der Waals surface area contributed by atoms with Gasteiger partial charge in [-0.05, 0) is 18.4 Å². The highest BCUT2D eigenvalue weighted by Crippen LogP contribution is 2.06. The maximum atomic E-state index is 8.46. The molecule has 10 heavy (non-hydrogen) atoms. The van der Waals surface area contributed by atoms with E-state index in [4.69, 9.17) is 5.11 Å². The Morgan fingerprint density at radius 2 is 1.90 bits per heavy atom. The minimum Gasteiger partial charge on any atom is -0.395 e. The summed E-state index contributed by atoms with van der Waals surface area (Å²) >= 11 is 0. The molecule has 0 saturated carbocycles. The Hall–Kier alpha value is -0.0800. The van der Waals surface area contributed by atoms with Crippen molar-refractivity contribution in [3.63, 3.8) is 0 Å². The molecule has 0 saturated heterocycles. The molecule has 2 heteroatoms. The molecular formula is C8H19NO. The van der Waals surface area contributed by atoms with E-state index in [-0.39, 0.29) is 6.61 Å². The van der Waals surface area contributed by atoms with Crippen LogP contribution in [-0.4, -0.2) is 24.8 Å². The van der Waals surface area contributed by atoms with E-state index in [0.29, 0.717) is 5.92 Å². The monoisotopic (exact) mass is 145 g/mol. The molecule has 0 aromatic rings. The third-order valence-electron chi connectivity index (χ3n) is 1.89. The van der Waals surface area contributed by atoms with Gasteiger partial charge in [-0.1, -0.05) is 20.8 Å². The summed E-state index contributed by atoms with van der Waals surface area (Å²) in [6.07, 6.45) is 0. The molecule has 0 aliphatic carbocycles. The van der Waals surface area contributed by atoms with Crippen molar-refractivity contribution in [2.24, 2.45) is 11.8 Å². The maximum absolute atomic E-state index is 8.46. The van der Waals surface area contributed by atoms with E-state index in [2.05, 4.69) is 26.1 Å². The molecule has 0 aliphatic heterocycles. The zero-order valence-corrected chi connectivity index (χ0v) is 7.22. The highest BCUT2D eigenvalue weighted by Gasteiger charge is 2.04. The van der Waals surface area contributed by atoms with Gasteiger partial charge < -0.3 is 10.4 Å². The lowest BCUT2D eigenvalue weighted by Gasteiger charge is -2.15. The first-order chi connectivity index (χ1) is 4.68. The van der Waals surface area contributed by atoms with Crippen molar-refractivity contribution in [2.75, 3.05) is 19.7 Å². The number of hydrogen-bond acceptors (Lipinski definition) is 2. The van der Waals surface area contributed by atoms with Gasteiger partial charge in [0.15, 0.2) is 0 Å². The molecule has 0 bridgehead atoms. The van der Waals surface area contributed by atoms with Crippen molar-refractivity contribution >= 4 is 0 Å². The summed E-state index contributed by atoms with van der Waals surface area (Å²) in [5.74, 6) is 1.43. The highest BCUT2D eigenvalue weighted by atomic mass is 16.3. The normalized spacial score (nSPS) is 14.1. The van der Waals surface area contributed by atoms with E-state index in [9.17, 15) is 0 Å². The van der Waals surface area contributed by atoms with Gasteiger partial charge >= 0.3 is 0 Å². The quantitative estimate of drug-likeness (QED) is 0.562. The SMILES string of the molecule is CC(C)[C@H](C)CNCCO. The van der Waals surface area contributed by atoms with Crippen molar-refractivity contribution in [1.29, 1.82) is 0 Å². The van der Waals surface area contributed by atoms with Crippen LogP contribution in [0.1, 0.15) is 20.8 Å². The third-order valence-corrected chi connectivity index (χ3v) is 1.89. The van der Waals surface area contributed by atoms with Gasteiger partial charge in [0.2, 0.25) is 0 Å². The van der Waals surface area contributed by atoms with Crippen LogP contribution in [0.4, 0.5) is 0 Å². The molecule has 0 amide bonds. The molecule has 2 N–H and O–H groups in total. The minimum atomic E-state index is 0.241. The smallest absolute Gasteiger partial charge is 0.0555 e. The molecule has 0 heterocycles. The molecule has 0 aromatic heterocycles. The van der Waals surface area contributed by atoms with Crippen LogP contribution in [0, 0.1) is 11.8 Å². The first-order valence-corrected chi connectivity index (χ1v) is 4.00. The lowest BCUT2D eigenvalue weighted by Crippen LogP contribution is -2.26. The fourth-order valence-corrected chi connectivity index (χ4v) is 0.644. The Bertz CT molecular complexity index is 73.7. The number of hydrogen-bond donors (Lipinski definition) is 2. The summed E-state index contributed by atoms with van der Waals surface area (Å²) in [5, 5.41) is 11.6. The number of aliphatic hydroxyl groups is 1. The van der Waals surface area contributed by atoms with Crippen molar-refractivity contribution < 1.29 is 5.11 Å². The second-order valence-electron chi connectivity index (χ2n) is 3.15. The second-order valence-corrected chi connectivity index (χ2v) is 3.15. The Morgan fingerprint density at radius 3 is 2.30 bits per heavy atom. The van der Waals surface area contributed by atoms with Crippen LogP contribution >= 0.6 is 0 Å². The average Bonchev–Trinajstić information content (AvgIpc) is 1.88. The molecule has 0 rings (SSSR count). The zero-order valence-electron chi connectivity index (χ0n) is 7.22. The van der Waals surface area contributed by atoms with Gasteiger partial charge in [-0.2, -0.15) is 0 Å². The number of nitrogens with one attached hydrogen (secondary N) is 1. The first kappa shape index (κ1) is 9.92. The molecule has 2 nitrogen and oxygen atoms in total. The van der Waals surface area contributed by atoms with E-state index >= 15 is 0 Å². The molecule has 0 fully saturated rings. The molecule has 0 aliphatic rings. The summed E-state index contributed by atoms with van der Waals surface area (Å²) in [6, 6.07) is 0. The maximum Gasteiger partial charge on any atom is 0.0555 e.